The minimum absolute atomic E-state index is 0.110. The number of likely N-dealkylation sites (tertiary alicyclic amines) is 1. The van der Waals surface area contributed by atoms with Crippen LogP contribution in [-0.2, 0) is 16.1 Å². The predicted octanol–water partition coefficient (Wildman–Crippen LogP) is 2.16. The molecule has 0 aromatic heterocycles. The normalized spacial score (nSPS) is 24.1. The van der Waals surface area contributed by atoms with E-state index < -0.39 is 0 Å². The fourth-order valence-electron chi connectivity index (χ4n) is 3.81. The summed E-state index contributed by atoms with van der Waals surface area (Å²) < 4.78 is 6.13. The smallest absolute Gasteiger partial charge is 0.251 e. The molecular weight excluding hydrogens is 302 g/mol. The fourth-order valence-corrected chi connectivity index (χ4v) is 3.81. The van der Waals surface area contributed by atoms with Gasteiger partial charge < -0.3 is 9.64 Å². The lowest BCUT2D eigenvalue weighted by molar-refractivity contribution is -0.189. The number of carbonyl (C=O) groups is 1. The number of piperidine rings is 1. The van der Waals surface area contributed by atoms with Crippen molar-refractivity contribution in [2.75, 3.05) is 26.2 Å². The van der Waals surface area contributed by atoms with Gasteiger partial charge in [-0.05, 0) is 44.4 Å². The van der Waals surface area contributed by atoms with E-state index in [1.54, 1.807) is 0 Å². The maximum atomic E-state index is 12.1. The Bertz CT molecular complexity index is 644. The first-order chi connectivity index (χ1) is 11.5. The summed E-state index contributed by atoms with van der Waals surface area (Å²) >= 11 is 0. The SMILES string of the molecule is CCN1CC2(CCN(Cc3cccc(C#N)c3)CC2)OC(C)C1=O. The first-order valence-electron chi connectivity index (χ1n) is 8.73. The van der Waals surface area contributed by atoms with Gasteiger partial charge in [0.15, 0.2) is 0 Å². The molecule has 2 heterocycles. The molecule has 2 fully saturated rings. The van der Waals surface area contributed by atoms with Crippen molar-refractivity contribution in [1.82, 2.24) is 9.80 Å². The summed E-state index contributed by atoms with van der Waals surface area (Å²) in [6.07, 6.45) is 1.55. The van der Waals surface area contributed by atoms with Gasteiger partial charge in [0.05, 0.1) is 17.2 Å². The molecule has 2 saturated heterocycles. The van der Waals surface area contributed by atoms with Gasteiger partial charge in [-0.2, -0.15) is 5.26 Å². The highest BCUT2D eigenvalue weighted by atomic mass is 16.5. The van der Waals surface area contributed by atoms with Crippen molar-refractivity contribution in [3.63, 3.8) is 0 Å². The second-order valence-corrected chi connectivity index (χ2v) is 6.88. The third-order valence-electron chi connectivity index (χ3n) is 5.18. The molecular formula is C19H25N3O2. The maximum Gasteiger partial charge on any atom is 0.251 e. The van der Waals surface area contributed by atoms with E-state index in [0.717, 1.165) is 39.0 Å². The Morgan fingerprint density at radius 2 is 2.12 bits per heavy atom. The monoisotopic (exact) mass is 327 g/mol. The number of ether oxygens (including phenoxy) is 1. The summed E-state index contributed by atoms with van der Waals surface area (Å²) in [5, 5.41) is 9.02. The van der Waals surface area contributed by atoms with Crippen molar-refractivity contribution in [2.45, 2.75) is 44.9 Å². The summed E-state index contributed by atoms with van der Waals surface area (Å²) in [4.78, 5) is 16.4. The summed E-state index contributed by atoms with van der Waals surface area (Å²) in [7, 11) is 0. The van der Waals surface area contributed by atoms with Crippen molar-refractivity contribution in [2.24, 2.45) is 0 Å². The van der Waals surface area contributed by atoms with Crippen molar-refractivity contribution in [3.8, 4) is 6.07 Å². The van der Waals surface area contributed by atoms with Crippen LogP contribution < -0.4 is 0 Å². The minimum Gasteiger partial charge on any atom is -0.360 e. The van der Waals surface area contributed by atoms with Gasteiger partial charge in [-0.3, -0.25) is 9.69 Å². The van der Waals surface area contributed by atoms with Crippen LogP contribution >= 0.6 is 0 Å². The quantitative estimate of drug-likeness (QED) is 0.854. The van der Waals surface area contributed by atoms with Crippen LogP contribution in [0.25, 0.3) is 0 Å². The Morgan fingerprint density at radius 3 is 2.79 bits per heavy atom. The molecule has 1 aromatic rings. The molecule has 0 saturated carbocycles. The number of carbonyl (C=O) groups excluding carboxylic acids is 1. The molecule has 3 rings (SSSR count). The largest absolute Gasteiger partial charge is 0.360 e. The molecule has 128 valence electrons. The van der Waals surface area contributed by atoms with E-state index in [9.17, 15) is 4.79 Å². The van der Waals surface area contributed by atoms with Crippen molar-refractivity contribution in [3.05, 3.63) is 35.4 Å². The van der Waals surface area contributed by atoms with Gasteiger partial charge in [0, 0.05) is 32.7 Å². The number of likely N-dealkylation sites (N-methyl/N-ethyl adjacent to an activating group) is 1. The van der Waals surface area contributed by atoms with Crippen LogP contribution in [0.3, 0.4) is 0 Å². The topological polar surface area (TPSA) is 56.6 Å². The molecule has 24 heavy (non-hydrogen) atoms. The van der Waals surface area contributed by atoms with E-state index in [1.165, 1.54) is 5.56 Å². The Morgan fingerprint density at radius 1 is 1.38 bits per heavy atom. The molecule has 1 aromatic carbocycles. The molecule has 1 atom stereocenters. The number of amides is 1. The van der Waals surface area contributed by atoms with Gasteiger partial charge in [0.1, 0.15) is 6.10 Å². The molecule has 5 heteroatoms. The summed E-state index contributed by atoms with van der Waals surface area (Å²) in [5.41, 5.74) is 1.70. The van der Waals surface area contributed by atoms with Gasteiger partial charge in [0.25, 0.3) is 5.91 Å². The van der Waals surface area contributed by atoms with Crippen molar-refractivity contribution in [1.29, 1.82) is 5.26 Å². The molecule has 0 radical (unpaired) electrons. The Labute approximate surface area is 143 Å². The summed E-state index contributed by atoms with van der Waals surface area (Å²) in [5.74, 6) is 0.110. The Hall–Kier alpha value is -1.90. The van der Waals surface area contributed by atoms with E-state index in [2.05, 4.69) is 17.0 Å². The predicted molar refractivity (Wildman–Crippen MR) is 91.2 cm³/mol. The molecule has 1 spiro atoms. The maximum absolute atomic E-state index is 12.1. The first kappa shape index (κ1) is 16.9. The standard InChI is InChI=1S/C19H25N3O2/c1-3-22-14-19(24-15(2)18(22)23)7-9-21(10-8-19)13-17-6-4-5-16(11-17)12-20/h4-6,11,15H,3,7-10,13-14H2,1-2H3. The van der Waals surface area contributed by atoms with Gasteiger partial charge in [-0.25, -0.2) is 0 Å². The Balaban J connectivity index is 1.61. The van der Waals surface area contributed by atoms with Gasteiger partial charge >= 0.3 is 0 Å². The summed E-state index contributed by atoms with van der Waals surface area (Å²) in [6, 6.07) is 10.0. The molecule has 2 aliphatic heterocycles. The number of nitrogens with zero attached hydrogens (tertiary/aromatic N) is 3. The van der Waals surface area contributed by atoms with Crippen LogP contribution in [0.1, 0.15) is 37.8 Å². The average Bonchev–Trinajstić information content (AvgIpc) is 2.60. The van der Waals surface area contributed by atoms with Gasteiger partial charge in [-0.15, -0.1) is 0 Å². The molecule has 1 amide bonds. The lowest BCUT2D eigenvalue weighted by Gasteiger charge is -2.49. The van der Waals surface area contributed by atoms with E-state index in [1.807, 2.05) is 36.9 Å². The highest BCUT2D eigenvalue weighted by Gasteiger charge is 2.44. The van der Waals surface area contributed by atoms with Crippen LogP contribution in [0.5, 0.6) is 0 Å². The number of nitriles is 1. The zero-order chi connectivity index (χ0) is 17.2. The number of morpholine rings is 1. The Kier molecular flexibility index (Phi) is 4.88. The van der Waals surface area contributed by atoms with Crippen LogP contribution in [0.15, 0.2) is 24.3 Å². The number of benzene rings is 1. The first-order valence-corrected chi connectivity index (χ1v) is 8.73. The highest BCUT2D eigenvalue weighted by molar-refractivity contribution is 5.81. The molecule has 0 N–H and O–H groups in total. The van der Waals surface area contributed by atoms with E-state index >= 15 is 0 Å². The average molecular weight is 327 g/mol. The lowest BCUT2D eigenvalue weighted by Crippen LogP contribution is -2.61. The third kappa shape index (κ3) is 3.45. The van der Waals surface area contributed by atoms with Gasteiger partial charge in [-0.1, -0.05) is 12.1 Å². The number of rotatable bonds is 3. The second-order valence-electron chi connectivity index (χ2n) is 6.88. The lowest BCUT2D eigenvalue weighted by atomic mass is 9.88. The minimum atomic E-state index is -0.336. The number of hydrogen-bond donors (Lipinski definition) is 0. The van der Waals surface area contributed by atoms with Crippen LogP contribution in [0.2, 0.25) is 0 Å². The highest BCUT2D eigenvalue weighted by Crippen LogP contribution is 2.33. The van der Waals surface area contributed by atoms with Crippen LogP contribution in [0, 0.1) is 11.3 Å². The zero-order valence-corrected chi connectivity index (χ0v) is 14.5. The number of hydrogen-bond acceptors (Lipinski definition) is 4. The van der Waals surface area contributed by atoms with Crippen LogP contribution in [-0.4, -0.2) is 53.6 Å². The summed E-state index contributed by atoms with van der Waals surface area (Å²) in [6.45, 7) is 8.12. The fraction of sp³-hybridized carbons (Fsp3) is 0.579. The molecule has 1 unspecified atom stereocenters. The van der Waals surface area contributed by atoms with Crippen LogP contribution in [0.4, 0.5) is 0 Å². The van der Waals surface area contributed by atoms with Crippen molar-refractivity contribution < 1.29 is 9.53 Å². The molecule has 2 aliphatic rings. The van der Waals surface area contributed by atoms with E-state index in [-0.39, 0.29) is 17.6 Å². The van der Waals surface area contributed by atoms with E-state index in [4.69, 9.17) is 10.00 Å². The molecule has 0 aliphatic carbocycles. The zero-order valence-electron chi connectivity index (χ0n) is 14.5. The van der Waals surface area contributed by atoms with E-state index in [0.29, 0.717) is 12.1 Å². The van der Waals surface area contributed by atoms with Crippen molar-refractivity contribution >= 4 is 5.91 Å². The molecule has 0 bridgehead atoms. The second kappa shape index (κ2) is 6.92. The van der Waals surface area contributed by atoms with Gasteiger partial charge in [0.2, 0.25) is 0 Å². The third-order valence-corrected chi connectivity index (χ3v) is 5.18. The molecule has 5 nitrogen and oxygen atoms in total.